The second-order valence-electron chi connectivity index (χ2n) is 9.24. The maximum Gasteiger partial charge on any atom is 0.247 e. The summed E-state index contributed by atoms with van der Waals surface area (Å²) in [5.74, 6) is -1.35. The third-order valence-corrected chi connectivity index (χ3v) is 7.38. The summed E-state index contributed by atoms with van der Waals surface area (Å²) in [5.41, 5.74) is 2.96. The van der Waals surface area contributed by atoms with Crippen LogP contribution in [-0.2, 0) is 14.4 Å². The van der Waals surface area contributed by atoms with Gasteiger partial charge < -0.3 is 19.7 Å². The zero-order chi connectivity index (χ0) is 24.4. The van der Waals surface area contributed by atoms with E-state index in [0.29, 0.717) is 22.9 Å². The number of hydrogen-bond donors (Lipinski definition) is 1. The lowest BCUT2D eigenvalue weighted by atomic mass is 9.84. The molecule has 8 nitrogen and oxygen atoms in total. The molecule has 0 radical (unpaired) electrons. The molecule has 4 aliphatic rings. The summed E-state index contributed by atoms with van der Waals surface area (Å²) >= 11 is 0. The summed E-state index contributed by atoms with van der Waals surface area (Å²) < 4.78 is 10.8. The Morgan fingerprint density at radius 2 is 1.61 bits per heavy atom. The average molecular weight is 479 g/mol. The second kappa shape index (κ2) is 7.71. The average Bonchev–Trinajstić information content (AvgIpc) is 3.57. The number of nitrogens with zero attached hydrogens (tertiary/aromatic N) is 2. The molecule has 0 aromatic heterocycles. The number of rotatable bonds is 3. The minimum Gasteiger partial charge on any atom is -0.454 e. The van der Waals surface area contributed by atoms with Crippen molar-refractivity contribution in [2.75, 3.05) is 17.0 Å². The molecule has 36 heavy (non-hydrogen) atoms. The van der Waals surface area contributed by atoms with Gasteiger partial charge in [0.1, 0.15) is 6.04 Å². The predicted molar refractivity (Wildman–Crippen MR) is 131 cm³/mol. The maximum absolute atomic E-state index is 13.8. The van der Waals surface area contributed by atoms with Gasteiger partial charge in [-0.25, -0.2) is 4.90 Å². The number of carbonyl (C=O) groups is 3. The molecular weight excluding hydrogens is 458 g/mol. The highest BCUT2D eigenvalue weighted by Crippen LogP contribution is 2.53. The number of carbonyl (C=O) groups excluding carboxylic acids is 3. The van der Waals surface area contributed by atoms with Gasteiger partial charge in [0.15, 0.2) is 11.5 Å². The Labute approximate surface area is 206 Å². The molecule has 3 aromatic carbocycles. The number of amides is 3. The second-order valence-corrected chi connectivity index (χ2v) is 9.24. The summed E-state index contributed by atoms with van der Waals surface area (Å²) in [6.45, 7) is 0.130. The lowest BCUT2D eigenvalue weighted by Gasteiger charge is -2.35. The number of imide groups is 1. The molecule has 2 saturated heterocycles. The first-order chi connectivity index (χ1) is 17.6. The zero-order valence-corrected chi connectivity index (χ0v) is 19.0. The molecule has 1 N–H and O–H groups in total. The van der Waals surface area contributed by atoms with Crippen molar-refractivity contribution in [3.05, 3.63) is 90.1 Å². The quantitative estimate of drug-likeness (QED) is 0.578. The molecule has 0 saturated carbocycles. The van der Waals surface area contributed by atoms with Crippen LogP contribution in [0.25, 0.3) is 6.08 Å². The van der Waals surface area contributed by atoms with Gasteiger partial charge in [0.25, 0.3) is 0 Å². The van der Waals surface area contributed by atoms with Crippen LogP contribution in [0.2, 0.25) is 0 Å². The number of hydrogen-bond acceptors (Lipinski definition) is 6. The van der Waals surface area contributed by atoms with Gasteiger partial charge in [0, 0.05) is 18.0 Å². The summed E-state index contributed by atoms with van der Waals surface area (Å²) in [4.78, 5) is 44.5. The molecule has 0 spiro atoms. The first-order valence-electron chi connectivity index (χ1n) is 11.8. The van der Waals surface area contributed by atoms with Gasteiger partial charge in [0.05, 0.1) is 23.6 Å². The molecule has 0 aliphatic carbocycles. The largest absolute Gasteiger partial charge is 0.454 e. The van der Waals surface area contributed by atoms with Crippen LogP contribution in [0.4, 0.5) is 11.4 Å². The van der Waals surface area contributed by atoms with Crippen LogP contribution < -0.4 is 19.7 Å². The molecule has 1 unspecified atom stereocenters. The summed E-state index contributed by atoms with van der Waals surface area (Å²) in [6, 6.07) is 20.6. The molecule has 2 fully saturated rings. The number of fused-ring (bicyclic) bond motifs is 6. The monoisotopic (exact) mass is 479 g/mol. The summed E-state index contributed by atoms with van der Waals surface area (Å²) in [6.07, 6.45) is 3.76. The van der Waals surface area contributed by atoms with E-state index in [1.165, 1.54) is 4.90 Å². The summed E-state index contributed by atoms with van der Waals surface area (Å²) in [7, 11) is 0. The van der Waals surface area contributed by atoms with E-state index < -0.39 is 23.9 Å². The van der Waals surface area contributed by atoms with Crippen LogP contribution in [-0.4, -0.2) is 35.5 Å². The Morgan fingerprint density at radius 1 is 0.861 bits per heavy atom. The van der Waals surface area contributed by atoms with Crippen molar-refractivity contribution in [1.29, 1.82) is 0 Å². The number of para-hydroxylation sites is 1. The van der Waals surface area contributed by atoms with Crippen molar-refractivity contribution in [3.63, 3.8) is 0 Å². The number of anilines is 2. The van der Waals surface area contributed by atoms with Crippen LogP contribution in [0.3, 0.4) is 0 Å². The Balaban J connectivity index is 1.30. The molecule has 0 bridgehead atoms. The molecule has 4 atom stereocenters. The Kier molecular flexibility index (Phi) is 4.44. The zero-order valence-electron chi connectivity index (χ0n) is 19.0. The predicted octanol–water partition coefficient (Wildman–Crippen LogP) is 3.57. The molecule has 178 valence electrons. The van der Waals surface area contributed by atoms with Gasteiger partial charge in [0.2, 0.25) is 24.5 Å². The molecule has 8 heteroatoms. The molecule has 7 rings (SSSR count). The fraction of sp³-hybridized carbons (Fsp3) is 0.179. The molecule has 3 aromatic rings. The smallest absolute Gasteiger partial charge is 0.247 e. The number of nitrogens with one attached hydrogen (secondary N) is 1. The van der Waals surface area contributed by atoms with Gasteiger partial charge in [-0.1, -0.05) is 42.5 Å². The molecular formula is C28H21N3O5. The van der Waals surface area contributed by atoms with E-state index in [1.807, 2.05) is 47.5 Å². The fourth-order valence-corrected chi connectivity index (χ4v) is 5.88. The van der Waals surface area contributed by atoms with Gasteiger partial charge >= 0.3 is 0 Å². The van der Waals surface area contributed by atoms with Crippen molar-refractivity contribution >= 4 is 35.2 Å². The van der Waals surface area contributed by atoms with Crippen LogP contribution in [0, 0.1) is 11.8 Å². The summed E-state index contributed by atoms with van der Waals surface area (Å²) in [5, 5.41) is 2.94. The van der Waals surface area contributed by atoms with Crippen LogP contribution >= 0.6 is 0 Å². The Morgan fingerprint density at radius 3 is 2.47 bits per heavy atom. The fourth-order valence-electron chi connectivity index (χ4n) is 5.88. The van der Waals surface area contributed by atoms with Crippen LogP contribution in [0.15, 0.2) is 79.0 Å². The van der Waals surface area contributed by atoms with Crippen LogP contribution in [0.1, 0.15) is 17.2 Å². The highest BCUT2D eigenvalue weighted by Gasteiger charge is 2.64. The first kappa shape index (κ1) is 20.8. The lowest BCUT2D eigenvalue weighted by Crippen LogP contribution is -2.46. The topological polar surface area (TPSA) is 88.2 Å². The number of benzene rings is 3. The van der Waals surface area contributed by atoms with E-state index >= 15 is 0 Å². The van der Waals surface area contributed by atoms with Crippen molar-refractivity contribution in [1.82, 2.24) is 4.90 Å². The van der Waals surface area contributed by atoms with E-state index in [0.717, 1.165) is 11.1 Å². The highest BCUT2D eigenvalue weighted by atomic mass is 16.7. The van der Waals surface area contributed by atoms with Crippen LogP contribution in [0.5, 0.6) is 11.5 Å². The molecule has 3 amide bonds. The lowest BCUT2D eigenvalue weighted by molar-refractivity contribution is -0.128. The SMILES string of the molecule is O=C(Nc1ccc2c(c1)OCO2)[C@@H]1[C@@H]2C(=O)N(c3ccccc3)C(=O)[C@@H]2C2c3ccccc3C=CN21. The van der Waals surface area contributed by atoms with Gasteiger partial charge in [-0.05, 0) is 41.5 Å². The van der Waals surface area contributed by atoms with E-state index in [4.69, 9.17) is 9.47 Å². The molecule has 4 aliphatic heterocycles. The highest BCUT2D eigenvalue weighted by molar-refractivity contribution is 6.24. The standard InChI is InChI=1S/C28H21N3O5/c32-26(29-17-10-11-20-21(14-17)36-15-35-20)25-23-22(24-19-9-5-4-6-16(19)12-13-30(24)25)27(33)31(28(23)34)18-7-2-1-3-8-18/h1-14,22-25H,15H2,(H,29,32)/t22-,23+,24?,25-/m0/s1. The van der Waals surface area contributed by atoms with Crippen molar-refractivity contribution in [3.8, 4) is 11.5 Å². The van der Waals surface area contributed by atoms with Gasteiger partial charge in [-0.15, -0.1) is 0 Å². The van der Waals surface area contributed by atoms with Crippen molar-refractivity contribution in [2.45, 2.75) is 12.1 Å². The first-order valence-corrected chi connectivity index (χ1v) is 11.8. The minimum atomic E-state index is -0.861. The van der Waals surface area contributed by atoms with Gasteiger partial charge in [-0.3, -0.25) is 14.4 Å². The Hall–Kier alpha value is -4.59. The Bertz CT molecular complexity index is 1450. The normalized spacial score (nSPS) is 25.0. The van der Waals surface area contributed by atoms with Crippen molar-refractivity contribution in [2.24, 2.45) is 11.8 Å². The third-order valence-electron chi connectivity index (χ3n) is 7.38. The van der Waals surface area contributed by atoms with E-state index in [1.54, 1.807) is 42.5 Å². The van der Waals surface area contributed by atoms with E-state index in [-0.39, 0.29) is 24.5 Å². The minimum absolute atomic E-state index is 0.130. The van der Waals surface area contributed by atoms with E-state index in [2.05, 4.69) is 5.32 Å². The third kappa shape index (κ3) is 2.90. The van der Waals surface area contributed by atoms with Gasteiger partial charge in [-0.2, -0.15) is 0 Å². The van der Waals surface area contributed by atoms with Crippen molar-refractivity contribution < 1.29 is 23.9 Å². The molecule has 4 heterocycles. The van der Waals surface area contributed by atoms with E-state index in [9.17, 15) is 14.4 Å². The maximum atomic E-state index is 13.8. The number of ether oxygens (including phenoxy) is 2.